The molecule has 0 aliphatic carbocycles. The Balaban J connectivity index is 1.96. The minimum atomic E-state index is -4.18. The molecule has 0 unspecified atom stereocenters. The molecule has 0 spiro atoms. The molecule has 0 saturated carbocycles. The first-order valence-electron chi connectivity index (χ1n) is 5.72. The van der Waals surface area contributed by atoms with E-state index in [4.69, 9.17) is 14.2 Å². The third-order valence-corrected chi connectivity index (χ3v) is 2.59. The largest absolute Gasteiger partial charge is 0.493 e. The smallest absolute Gasteiger partial charge is 0.389 e. The number of benzene rings is 1. The van der Waals surface area contributed by atoms with Crippen molar-refractivity contribution in [1.29, 1.82) is 0 Å². The Hall–Kier alpha value is -1.63. The van der Waals surface area contributed by atoms with Crippen LogP contribution in [0.15, 0.2) is 12.1 Å². The molecule has 1 aliphatic rings. The highest BCUT2D eigenvalue weighted by Gasteiger charge is 2.26. The topological polar surface area (TPSA) is 47.9 Å². The number of hydrogen-bond donors (Lipinski definition) is 1. The van der Waals surface area contributed by atoms with Crippen molar-refractivity contribution in [2.45, 2.75) is 25.6 Å². The van der Waals surface area contributed by atoms with Crippen LogP contribution in [0.1, 0.15) is 18.4 Å². The standard InChI is InChI=1S/C12H13F3O4/c13-12(14,15)2-1-3-17-9-5-11-10(18-7-19-11)4-8(9)6-16/h4-5,16H,1-3,6-7H2. The van der Waals surface area contributed by atoms with Crippen LogP contribution in [0.5, 0.6) is 17.2 Å². The second-order valence-corrected chi connectivity index (χ2v) is 4.04. The lowest BCUT2D eigenvalue weighted by Crippen LogP contribution is -2.10. The first kappa shape index (κ1) is 13.8. The van der Waals surface area contributed by atoms with Gasteiger partial charge >= 0.3 is 6.18 Å². The average molecular weight is 278 g/mol. The predicted octanol–water partition coefficient (Wildman–Crippen LogP) is 2.63. The number of aliphatic hydroxyl groups excluding tert-OH is 1. The predicted molar refractivity (Wildman–Crippen MR) is 59.3 cm³/mol. The van der Waals surface area contributed by atoms with Crippen molar-refractivity contribution in [1.82, 2.24) is 0 Å². The highest BCUT2D eigenvalue weighted by Crippen LogP contribution is 2.38. The van der Waals surface area contributed by atoms with Gasteiger partial charge in [0.2, 0.25) is 6.79 Å². The van der Waals surface area contributed by atoms with E-state index in [9.17, 15) is 18.3 Å². The van der Waals surface area contributed by atoms with Gasteiger partial charge in [0.1, 0.15) is 5.75 Å². The van der Waals surface area contributed by atoms with E-state index in [1.165, 1.54) is 6.07 Å². The van der Waals surface area contributed by atoms with Crippen molar-refractivity contribution in [3.63, 3.8) is 0 Å². The van der Waals surface area contributed by atoms with Crippen LogP contribution in [0.4, 0.5) is 13.2 Å². The minimum absolute atomic E-state index is 0.0772. The summed E-state index contributed by atoms with van der Waals surface area (Å²) in [5.41, 5.74) is 0.455. The number of hydrogen-bond acceptors (Lipinski definition) is 4. The van der Waals surface area contributed by atoms with Crippen molar-refractivity contribution in [2.75, 3.05) is 13.4 Å². The molecule has 0 saturated heterocycles. The minimum Gasteiger partial charge on any atom is -0.493 e. The van der Waals surface area contributed by atoms with E-state index in [-0.39, 0.29) is 26.4 Å². The molecule has 0 aromatic heterocycles. The van der Waals surface area contributed by atoms with Gasteiger partial charge in [-0.1, -0.05) is 0 Å². The van der Waals surface area contributed by atoms with E-state index in [0.717, 1.165) is 0 Å². The number of aliphatic hydroxyl groups is 1. The lowest BCUT2D eigenvalue weighted by atomic mass is 10.2. The lowest BCUT2D eigenvalue weighted by molar-refractivity contribution is -0.136. The summed E-state index contributed by atoms with van der Waals surface area (Å²) in [6, 6.07) is 3.07. The summed E-state index contributed by atoms with van der Waals surface area (Å²) in [5.74, 6) is 1.27. The molecule has 0 amide bonds. The molecule has 7 heteroatoms. The zero-order chi connectivity index (χ0) is 13.9. The summed E-state index contributed by atoms with van der Waals surface area (Å²) in [5, 5.41) is 9.18. The maximum Gasteiger partial charge on any atom is 0.389 e. The van der Waals surface area contributed by atoms with Crippen LogP contribution in [0.3, 0.4) is 0 Å². The van der Waals surface area contributed by atoms with Gasteiger partial charge in [-0.3, -0.25) is 0 Å². The van der Waals surface area contributed by atoms with E-state index < -0.39 is 12.6 Å². The fraction of sp³-hybridized carbons (Fsp3) is 0.500. The lowest BCUT2D eigenvalue weighted by Gasteiger charge is -2.12. The molecule has 4 nitrogen and oxygen atoms in total. The van der Waals surface area contributed by atoms with Crippen LogP contribution in [0.2, 0.25) is 0 Å². The van der Waals surface area contributed by atoms with E-state index in [2.05, 4.69) is 0 Å². The Labute approximate surface area is 107 Å². The summed E-state index contributed by atoms with van der Waals surface area (Å²) in [7, 11) is 0. The summed E-state index contributed by atoms with van der Waals surface area (Å²) in [6.07, 6.45) is -5.22. The molecule has 0 radical (unpaired) electrons. The van der Waals surface area contributed by atoms with Crippen molar-refractivity contribution in [2.24, 2.45) is 0 Å². The molecule has 1 N–H and O–H groups in total. The van der Waals surface area contributed by atoms with E-state index in [1.807, 2.05) is 0 Å². The Morgan fingerprint density at radius 3 is 2.53 bits per heavy atom. The molecule has 106 valence electrons. The third-order valence-electron chi connectivity index (χ3n) is 2.59. The SMILES string of the molecule is OCc1cc2c(cc1OCCCC(F)(F)F)OCO2. The molecule has 2 rings (SSSR count). The van der Waals surface area contributed by atoms with Gasteiger partial charge in [-0.05, 0) is 12.5 Å². The van der Waals surface area contributed by atoms with Gasteiger partial charge in [-0.2, -0.15) is 13.2 Å². The van der Waals surface area contributed by atoms with Crippen LogP contribution in [-0.4, -0.2) is 24.7 Å². The van der Waals surface area contributed by atoms with Gasteiger partial charge in [-0.25, -0.2) is 0 Å². The highest BCUT2D eigenvalue weighted by atomic mass is 19.4. The highest BCUT2D eigenvalue weighted by molar-refractivity contribution is 5.51. The summed E-state index contributed by atoms with van der Waals surface area (Å²) in [6.45, 7) is -0.283. The van der Waals surface area contributed by atoms with E-state index >= 15 is 0 Å². The maximum atomic E-state index is 12.0. The van der Waals surface area contributed by atoms with Gasteiger partial charge in [0.25, 0.3) is 0 Å². The summed E-state index contributed by atoms with van der Waals surface area (Å²) >= 11 is 0. The van der Waals surface area contributed by atoms with E-state index in [0.29, 0.717) is 22.8 Å². The quantitative estimate of drug-likeness (QED) is 0.841. The molecule has 0 fully saturated rings. The van der Waals surface area contributed by atoms with Crippen molar-refractivity contribution in [3.8, 4) is 17.2 Å². The summed E-state index contributed by atoms with van der Waals surface area (Å²) < 4.78 is 51.4. The number of ether oxygens (including phenoxy) is 3. The maximum absolute atomic E-state index is 12.0. The first-order chi connectivity index (χ1) is 8.99. The van der Waals surface area contributed by atoms with Gasteiger partial charge in [0.15, 0.2) is 11.5 Å². The Bertz CT molecular complexity index is 445. The molecule has 0 atom stereocenters. The number of rotatable bonds is 5. The van der Waals surface area contributed by atoms with Gasteiger partial charge in [0, 0.05) is 18.1 Å². The third kappa shape index (κ3) is 3.66. The van der Waals surface area contributed by atoms with Crippen LogP contribution in [-0.2, 0) is 6.61 Å². The van der Waals surface area contributed by atoms with E-state index in [1.54, 1.807) is 6.07 Å². The second-order valence-electron chi connectivity index (χ2n) is 4.04. The molecule has 1 aromatic carbocycles. The van der Waals surface area contributed by atoms with Gasteiger partial charge in [0.05, 0.1) is 13.2 Å². The van der Waals surface area contributed by atoms with Gasteiger partial charge < -0.3 is 19.3 Å². The van der Waals surface area contributed by atoms with Crippen molar-refractivity contribution >= 4 is 0 Å². The monoisotopic (exact) mass is 278 g/mol. The van der Waals surface area contributed by atoms with Gasteiger partial charge in [-0.15, -0.1) is 0 Å². The molecule has 1 aliphatic heterocycles. The van der Waals surface area contributed by atoms with Crippen molar-refractivity contribution in [3.05, 3.63) is 17.7 Å². The Morgan fingerprint density at radius 2 is 1.89 bits per heavy atom. The average Bonchev–Trinajstić information content (AvgIpc) is 2.79. The van der Waals surface area contributed by atoms with Crippen LogP contribution < -0.4 is 14.2 Å². The zero-order valence-corrected chi connectivity index (χ0v) is 10.00. The molecule has 0 bridgehead atoms. The molecule has 1 aromatic rings. The first-order valence-corrected chi connectivity index (χ1v) is 5.72. The molecular weight excluding hydrogens is 265 g/mol. The molecule has 1 heterocycles. The fourth-order valence-electron chi connectivity index (χ4n) is 1.68. The fourth-order valence-corrected chi connectivity index (χ4v) is 1.68. The molecular formula is C12H13F3O4. The van der Waals surface area contributed by atoms with Crippen molar-refractivity contribution < 1.29 is 32.5 Å². The summed E-state index contributed by atoms with van der Waals surface area (Å²) in [4.78, 5) is 0. The zero-order valence-electron chi connectivity index (χ0n) is 10.00. The number of fused-ring (bicyclic) bond motifs is 1. The Kier molecular flexibility index (Phi) is 4.04. The molecule has 19 heavy (non-hydrogen) atoms. The second kappa shape index (κ2) is 5.56. The Morgan fingerprint density at radius 1 is 1.21 bits per heavy atom. The van der Waals surface area contributed by atoms with Crippen LogP contribution in [0.25, 0.3) is 0 Å². The normalized spacial score (nSPS) is 13.7. The number of alkyl halides is 3. The number of halogens is 3. The van der Waals surface area contributed by atoms with Crippen LogP contribution in [0, 0.1) is 0 Å². The van der Waals surface area contributed by atoms with Crippen LogP contribution >= 0.6 is 0 Å².